The monoisotopic (exact) mass is 332 g/mol. The molecule has 7 nitrogen and oxygen atoms in total. The van der Waals surface area contributed by atoms with Crippen LogP contribution in [0, 0.1) is 17.2 Å². The maximum absolute atomic E-state index is 11.9. The van der Waals surface area contributed by atoms with Gasteiger partial charge < -0.3 is 14.8 Å². The first kappa shape index (κ1) is 19.2. The first-order valence-corrected chi connectivity index (χ1v) is 7.47. The summed E-state index contributed by atoms with van der Waals surface area (Å²) in [4.78, 5) is 35.5. The molecule has 1 aromatic carbocycles. The predicted molar refractivity (Wildman–Crippen MR) is 84.8 cm³/mol. The molecule has 0 radical (unpaired) electrons. The third-order valence-corrected chi connectivity index (χ3v) is 3.55. The van der Waals surface area contributed by atoms with Crippen LogP contribution in [-0.2, 0) is 19.1 Å². The van der Waals surface area contributed by atoms with Crippen molar-refractivity contribution >= 4 is 17.8 Å². The number of amides is 1. The van der Waals surface area contributed by atoms with Crippen LogP contribution in [0.2, 0.25) is 0 Å². The second-order valence-corrected chi connectivity index (χ2v) is 5.22. The number of carbonyl (C=O) groups excluding carboxylic acids is 3. The first-order valence-electron chi connectivity index (χ1n) is 7.47. The molecule has 1 amide bonds. The Bertz CT molecular complexity index is 651. The van der Waals surface area contributed by atoms with Crippen LogP contribution in [0.3, 0.4) is 0 Å². The maximum Gasteiger partial charge on any atom is 0.338 e. The van der Waals surface area contributed by atoms with E-state index in [0.29, 0.717) is 12.0 Å². The molecule has 2 atom stereocenters. The zero-order chi connectivity index (χ0) is 18.1. The molecule has 1 rings (SSSR count). The molecule has 0 fully saturated rings. The molecule has 0 aliphatic heterocycles. The minimum Gasteiger partial charge on any atom is -0.467 e. The third kappa shape index (κ3) is 5.39. The van der Waals surface area contributed by atoms with Crippen molar-refractivity contribution in [2.45, 2.75) is 26.3 Å². The lowest BCUT2D eigenvalue weighted by molar-refractivity contribution is -0.147. The molecule has 128 valence electrons. The van der Waals surface area contributed by atoms with Gasteiger partial charge in [0, 0.05) is 0 Å². The fraction of sp³-hybridized carbons (Fsp3) is 0.412. The van der Waals surface area contributed by atoms with E-state index in [4.69, 9.17) is 10.00 Å². The van der Waals surface area contributed by atoms with Crippen molar-refractivity contribution < 1.29 is 23.9 Å². The molecule has 0 aromatic heterocycles. The van der Waals surface area contributed by atoms with Crippen LogP contribution in [0.25, 0.3) is 0 Å². The summed E-state index contributed by atoms with van der Waals surface area (Å²) in [6.07, 6.45) is 0.667. The maximum atomic E-state index is 11.9. The van der Waals surface area contributed by atoms with Gasteiger partial charge in [0.2, 0.25) is 0 Å². The van der Waals surface area contributed by atoms with E-state index in [1.807, 2.05) is 13.0 Å². The normalized spacial score (nSPS) is 12.4. The van der Waals surface area contributed by atoms with Crippen molar-refractivity contribution in [2.24, 2.45) is 5.92 Å². The van der Waals surface area contributed by atoms with Gasteiger partial charge in [0.05, 0.1) is 24.3 Å². The number of hydrogen-bond acceptors (Lipinski definition) is 6. The number of nitriles is 1. The second-order valence-electron chi connectivity index (χ2n) is 5.22. The SMILES string of the molecule is CC[C@H](C)[C@H](NC(=O)COC(=O)c1cccc(C#N)c1)C(=O)OC. The van der Waals surface area contributed by atoms with Gasteiger partial charge in [-0.25, -0.2) is 9.59 Å². The number of hydrogen-bond donors (Lipinski definition) is 1. The zero-order valence-electron chi connectivity index (χ0n) is 13.9. The lowest BCUT2D eigenvalue weighted by Gasteiger charge is -2.21. The number of ether oxygens (including phenoxy) is 2. The summed E-state index contributed by atoms with van der Waals surface area (Å²) in [5.41, 5.74) is 0.490. The molecule has 0 spiro atoms. The van der Waals surface area contributed by atoms with Crippen LogP contribution in [0.15, 0.2) is 24.3 Å². The highest BCUT2D eigenvalue weighted by Crippen LogP contribution is 2.09. The van der Waals surface area contributed by atoms with E-state index < -0.39 is 30.5 Å². The van der Waals surface area contributed by atoms with Crippen LogP contribution in [0.1, 0.15) is 36.2 Å². The number of esters is 2. The molecule has 0 aliphatic carbocycles. The summed E-state index contributed by atoms with van der Waals surface area (Å²) >= 11 is 0. The van der Waals surface area contributed by atoms with Crippen LogP contribution in [-0.4, -0.2) is 37.6 Å². The quantitative estimate of drug-likeness (QED) is 0.757. The Morgan fingerprint density at radius 3 is 2.62 bits per heavy atom. The number of benzene rings is 1. The van der Waals surface area contributed by atoms with E-state index in [9.17, 15) is 14.4 Å². The fourth-order valence-corrected chi connectivity index (χ4v) is 1.94. The first-order chi connectivity index (χ1) is 11.4. The van der Waals surface area contributed by atoms with Crippen molar-refractivity contribution in [1.29, 1.82) is 5.26 Å². The van der Waals surface area contributed by atoms with E-state index >= 15 is 0 Å². The smallest absolute Gasteiger partial charge is 0.338 e. The number of carbonyl (C=O) groups is 3. The topological polar surface area (TPSA) is 105 Å². The van der Waals surface area contributed by atoms with Gasteiger partial charge in [-0.3, -0.25) is 4.79 Å². The molecule has 0 heterocycles. The summed E-state index contributed by atoms with van der Waals surface area (Å²) in [6, 6.07) is 7.07. The Morgan fingerprint density at radius 1 is 1.33 bits per heavy atom. The minimum atomic E-state index is -0.798. The van der Waals surface area contributed by atoms with Crippen molar-refractivity contribution in [3.8, 4) is 6.07 Å². The summed E-state index contributed by atoms with van der Waals surface area (Å²) in [5, 5.41) is 11.3. The third-order valence-electron chi connectivity index (χ3n) is 3.55. The molecule has 0 bridgehead atoms. The minimum absolute atomic E-state index is 0.121. The zero-order valence-corrected chi connectivity index (χ0v) is 13.9. The summed E-state index contributed by atoms with van der Waals surface area (Å²) in [6.45, 7) is 3.16. The molecule has 1 aromatic rings. The van der Waals surface area contributed by atoms with Gasteiger partial charge in [0.15, 0.2) is 6.61 Å². The Kier molecular flexibility index (Phi) is 7.43. The standard InChI is InChI=1S/C17H20N2O5/c1-4-11(2)15(17(22)23-3)19-14(20)10-24-16(21)13-7-5-6-12(8-13)9-18/h5-8,11,15H,4,10H2,1-3H3,(H,19,20)/t11-,15-/m0/s1. The van der Waals surface area contributed by atoms with Gasteiger partial charge in [-0.05, 0) is 24.1 Å². The van der Waals surface area contributed by atoms with Crippen LogP contribution >= 0.6 is 0 Å². The second kappa shape index (κ2) is 9.30. The van der Waals surface area contributed by atoms with E-state index in [1.54, 1.807) is 19.1 Å². The molecular formula is C17H20N2O5. The van der Waals surface area contributed by atoms with Crippen molar-refractivity contribution in [3.63, 3.8) is 0 Å². The molecule has 0 saturated carbocycles. The molecule has 24 heavy (non-hydrogen) atoms. The largest absolute Gasteiger partial charge is 0.467 e. The molecule has 0 unspecified atom stereocenters. The van der Waals surface area contributed by atoms with Gasteiger partial charge in [0.25, 0.3) is 5.91 Å². The van der Waals surface area contributed by atoms with Crippen LogP contribution in [0.4, 0.5) is 0 Å². The Morgan fingerprint density at radius 2 is 2.04 bits per heavy atom. The van der Waals surface area contributed by atoms with Crippen molar-refractivity contribution in [1.82, 2.24) is 5.32 Å². The number of nitrogens with one attached hydrogen (secondary N) is 1. The lowest BCUT2D eigenvalue weighted by atomic mass is 9.99. The number of methoxy groups -OCH3 is 1. The Hall–Kier alpha value is -2.88. The van der Waals surface area contributed by atoms with Crippen molar-refractivity contribution in [2.75, 3.05) is 13.7 Å². The predicted octanol–water partition coefficient (Wildman–Crippen LogP) is 1.42. The molecule has 7 heteroatoms. The summed E-state index contributed by atoms with van der Waals surface area (Å²) in [7, 11) is 1.24. The number of nitrogens with zero attached hydrogens (tertiary/aromatic N) is 1. The average Bonchev–Trinajstić information content (AvgIpc) is 2.62. The van der Waals surface area contributed by atoms with Gasteiger partial charge in [-0.15, -0.1) is 0 Å². The molecule has 1 N–H and O–H groups in total. The van der Waals surface area contributed by atoms with Gasteiger partial charge in [0.1, 0.15) is 6.04 Å². The Labute approximate surface area is 140 Å². The summed E-state index contributed by atoms with van der Waals surface area (Å²) < 4.78 is 9.57. The number of rotatable bonds is 7. The fourth-order valence-electron chi connectivity index (χ4n) is 1.94. The van der Waals surface area contributed by atoms with Gasteiger partial charge in [-0.2, -0.15) is 5.26 Å². The molecular weight excluding hydrogens is 312 g/mol. The molecule has 0 aliphatic rings. The highest BCUT2D eigenvalue weighted by Gasteiger charge is 2.27. The van der Waals surface area contributed by atoms with Crippen LogP contribution in [0.5, 0.6) is 0 Å². The summed E-state index contributed by atoms with van der Waals surface area (Å²) in [5.74, 6) is -1.99. The Balaban J connectivity index is 2.62. The molecule has 0 saturated heterocycles. The highest BCUT2D eigenvalue weighted by atomic mass is 16.5. The average molecular weight is 332 g/mol. The highest BCUT2D eigenvalue weighted by molar-refractivity contribution is 5.92. The van der Waals surface area contributed by atoms with Crippen molar-refractivity contribution in [3.05, 3.63) is 35.4 Å². The van der Waals surface area contributed by atoms with Gasteiger partial charge >= 0.3 is 11.9 Å². The lowest BCUT2D eigenvalue weighted by Crippen LogP contribution is -2.47. The van der Waals surface area contributed by atoms with E-state index in [0.717, 1.165) is 0 Å². The van der Waals surface area contributed by atoms with E-state index in [2.05, 4.69) is 10.1 Å². The van der Waals surface area contributed by atoms with Gasteiger partial charge in [-0.1, -0.05) is 26.3 Å². The van der Waals surface area contributed by atoms with E-state index in [1.165, 1.54) is 19.2 Å². The van der Waals surface area contributed by atoms with E-state index in [-0.39, 0.29) is 11.5 Å². The van der Waals surface area contributed by atoms with Crippen LogP contribution < -0.4 is 5.32 Å².